The molecule has 0 aromatic rings. The molecule has 0 spiro atoms. The molecule has 0 radical (unpaired) electrons. The van der Waals surface area contributed by atoms with Gasteiger partial charge in [-0.3, -0.25) is 4.90 Å². The van der Waals surface area contributed by atoms with Gasteiger partial charge in [0.25, 0.3) is 0 Å². The largest absolute Gasteiger partial charge is 0.444 e. The average molecular weight is 344 g/mol. The van der Waals surface area contributed by atoms with Crippen LogP contribution in [0.2, 0.25) is 0 Å². The smallest absolute Gasteiger partial charge is 0.410 e. The molecule has 0 aromatic heterocycles. The lowest BCUT2D eigenvalue weighted by molar-refractivity contribution is -0.00687. The second kappa shape index (κ2) is 6.43. The van der Waals surface area contributed by atoms with Gasteiger partial charge in [0, 0.05) is 25.7 Å². The summed E-state index contributed by atoms with van der Waals surface area (Å²) in [4.78, 5) is 16.2. The Morgan fingerprint density at radius 2 is 1.78 bits per heavy atom. The minimum atomic E-state index is -3.12. The topological polar surface area (TPSA) is 66.9 Å². The van der Waals surface area contributed by atoms with E-state index in [0.29, 0.717) is 13.1 Å². The van der Waals surface area contributed by atoms with Crippen LogP contribution < -0.4 is 0 Å². The summed E-state index contributed by atoms with van der Waals surface area (Å²) in [7, 11) is -3.12. The highest BCUT2D eigenvalue weighted by molar-refractivity contribution is 7.91. The van der Waals surface area contributed by atoms with Gasteiger partial charge in [-0.25, -0.2) is 13.2 Å². The van der Waals surface area contributed by atoms with Gasteiger partial charge in [-0.2, -0.15) is 0 Å². The zero-order valence-corrected chi connectivity index (χ0v) is 15.5. The molecule has 132 valence electrons. The third kappa shape index (κ3) is 4.70. The molecule has 7 heteroatoms. The minimum Gasteiger partial charge on any atom is -0.444 e. The Bertz CT molecular complexity index is 588. The molecule has 2 atom stereocenters. The summed E-state index contributed by atoms with van der Waals surface area (Å²) in [6.07, 6.45) is 1.69. The molecule has 0 unspecified atom stereocenters. The Morgan fingerprint density at radius 1 is 1.17 bits per heavy atom. The zero-order valence-electron chi connectivity index (χ0n) is 14.7. The van der Waals surface area contributed by atoms with E-state index in [4.69, 9.17) is 4.74 Å². The van der Waals surface area contributed by atoms with Crippen molar-refractivity contribution in [1.82, 2.24) is 9.80 Å². The van der Waals surface area contributed by atoms with Crippen LogP contribution in [0.5, 0.6) is 0 Å². The van der Waals surface area contributed by atoms with Crippen molar-refractivity contribution in [2.75, 3.05) is 31.1 Å². The van der Waals surface area contributed by atoms with Crippen molar-refractivity contribution < 1.29 is 17.9 Å². The molecule has 2 aliphatic heterocycles. The number of allylic oxidation sites excluding steroid dienone is 1. The maximum Gasteiger partial charge on any atom is 0.410 e. The van der Waals surface area contributed by atoms with Gasteiger partial charge in [-0.15, -0.1) is 0 Å². The van der Waals surface area contributed by atoms with Crippen LogP contribution in [0.15, 0.2) is 11.6 Å². The van der Waals surface area contributed by atoms with Crippen LogP contribution in [0.25, 0.3) is 0 Å². The lowest BCUT2D eigenvalue weighted by Gasteiger charge is -2.43. The van der Waals surface area contributed by atoms with E-state index in [2.05, 4.69) is 11.0 Å². The fourth-order valence-electron chi connectivity index (χ4n) is 3.10. The van der Waals surface area contributed by atoms with Gasteiger partial charge in [0.1, 0.15) is 5.60 Å². The Morgan fingerprint density at radius 3 is 2.35 bits per heavy atom. The number of hydrogen-bond acceptors (Lipinski definition) is 5. The molecule has 0 aliphatic carbocycles. The van der Waals surface area contributed by atoms with E-state index < -0.39 is 21.5 Å². The van der Waals surface area contributed by atoms with Crippen LogP contribution in [0.1, 0.15) is 34.6 Å². The number of fused-ring (bicyclic) bond motifs is 1. The van der Waals surface area contributed by atoms with Gasteiger partial charge in [-0.05, 0) is 34.6 Å². The first-order valence-electron chi connectivity index (χ1n) is 8.06. The molecule has 2 saturated heterocycles. The summed E-state index contributed by atoms with van der Waals surface area (Å²) in [6, 6.07) is -0.453. The van der Waals surface area contributed by atoms with Gasteiger partial charge in [0.15, 0.2) is 9.84 Å². The molecule has 0 saturated carbocycles. The first-order valence-corrected chi connectivity index (χ1v) is 9.88. The van der Waals surface area contributed by atoms with Crippen LogP contribution in [-0.4, -0.2) is 73.1 Å². The summed E-state index contributed by atoms with van der Waals surface area (Å²) >= 11 is 0. The molecular weight excluding hydrogens is 316 g/mol. The summed E-state index contributed by atoms with van der Waals surface area (Å²) in [5.74, 6) is 0.149. The maximum absolute atomic E-state index is 12.4. The molecule has 2 fully saturated rings. The molecule has 23 heavy (non-hydrogen) atoms. The first-order chi connectivity index (χ1) is 10.5. The van der Waals surface area contributed by atoms with E-state index in [-0.39, 0.29) is 23.6 Å². The monoisotopic (exact) mass is 344 g/mol. The number of amides is 1. The first kappa shape index (κ1) is 18.3. The molecule has 0 bridgehead atoms. The van der Waals surface area contributed by atoms with E-state index in [1.807, 2.05) is 34.6 Å². The number of rotatable bonds is 2. The second-order valence-electron chi connectivity index (χ2n) is 7.66. The number of ether oxygens (including phenoxy) is 1. The quantitative estimate of drug-likeness (QED) is 0.713. The molecule has 2 rings (SSSR count). The fourth-order valence-corrected chi connectivity index (χ4v) is 5.11. The van der Waals surface area contributed by atoms with Gasteiger partial charge < -0.3 is 9.64 Å². The maximum atomic E-state index is 12.4. The van der Waals surface area contributed by atoms with Crippen LogP contribution in [-0.2, 0) is 14.6 Å². The highest BCUT2D eigenvalue weighted by atomic mass is 32.2. The van der Waals surface area contributed by atoms with Gasteiger partial charge in [-0.1, -0.05) is 11.6 Å². The Labute approximate surface area is 139 Å². The van der Waals surface area contributed by atoms with E-state index >= 15 is 0 Å². The number of piperazine rings is 1. The predicted molar refractivity (Wildman–Crippen MR) is 90.2 cm³/mol. The Balaban J connectivity index is 2.18. The number of nitrogens with zero attached hydrogens (tertiary/aromatic N) is 2. The van der Waals surface area contributed by atoms with Crippen LogP contribution in [0, 0.1) is 0 Å². The van der Waals surface area contributed by atoms with Crippen molar-refractivity contribution in [1.29, 1.82) is 0 Å². The van der Waals surface area contributed by atoms with Crippen LogP contribution >= 0.6 is 0 Å². The fraction of sp³-hybridized carbons (Fsp3) is 0.812. The van der Waals surface area contributed by atoms with Gasteiger partial charge >= 0.3 is 6.09 Å². The van der Waals surface area contributed by atoms with Crippen molar-refractivity contribution in [2.24, 2.45) is 0 Å². The molecule has 1 amide bonds. The minimum absolute atomic E-state index is 0.0300. The average Bonchev–Trinajstić information content (AvgIpc) is 2.68. The van der Waals surface area contributed by atoms with Crippen molar-refractivity contribution in [2.45, 2.75) is 52.3 Å². The predicted octanol–water partition coefficient (Wildman–Crippen LogP) is 1.67. The van der Waals surface area contributed by atoms with E-state index in [1.165, 1.54) is 5.57 Å². The lowest BCUT2D eigenvalue weighted by atomic mass is 10.0. The van der Waals surface area contributed by atoms with Gasteiger partial charge in [0.05, 0.1) is 17.5 Å². The summed E-state index contributed by atoms with van der Waals surface area (Å²) in [6.45, 7) is 11.4. The van der Waals surface area contributed by atoms with Crippen molar-refractivity contribution >= 4 is 15.9 Å². The van der Waals surface area contributed by atoms with Crippen molar-refractivity contribution in [3.63, 3.8) is 0 Å². The summed E-state index contributed by atoms with van der Waals surface area (Å²) in [5, 5.41) is 0. The Hall–Kier alpha value is -1.08. The number of hydrogen-bond donors (Lipinski definition) is 0. The molecular formula is C16H28N2O4S. The molecule has 2 heterocycles. The van der Waals surface area contributed by atoms with E-state index in [0.717, 1.165) is 6.54 Å². The van der Waals surface area contributed by atoms with Crippen molar-refractivity contribution in [3.8, 4) is 0 Å². The van der Waals surface area contributed by atoms with Crippen LogP contribution in [0.3, 0.4) is 0 Å². The third-order valence-corrected chi connectivity index (χ3v) is 5.85. The molecule has 2 aliphatic rings. The standard InChI is InChI=1S/C16H28N2O4S/c1-12(2)6-7-17-8-9-18(15(19)22-16(3,4)5)14-11-23(20,21)10-13(14)17/h6,13-14H,7-11H2,1-5H3/t13-,14+/m0/s1. The summed E-state index contributed by atoms with van der Waals surface area (Å²) < 4.78 is 29.7. The second-order valence-corrected chi connectivity index (χ2v) is 9.82. The molecule has 0 aromatic carbocycles. The third-order valence-electron chi connectivity index (χ3n) is 4.15. The molecule has 6 nitrogen and oxygen atoms in total. The highest BCUT2D eigenvalue weighted by Crippen LogP contribution is 2.28. The van der Waals surface area contributed by atoms with E-state index in [9.17, 15) is 13.2 Å². The van der Waals surface area contributed by atoms with Gasteiger partial charge in [0.2, 0.25) is 0 Å². The number of sulfone groups is 1. The number of carbonyl (C=O) groups is 1. The lowest BCUT2D eigenvalue weighted by Crippen LogP contribution is -2.61. The normalized spacial score (nSPS) is 27.4. The highest BCUT2D eigenvalue weighted by Gasteiger charge is 2.48. The van der Waals surface area contributed by atoms with Crippen molar-refractivity contribution in [3.05, 3.63) is 11.6 Å². The summed E-state index contributed by atoms with van der Waals surface area (Å²) in [5.41, 5.74) is 0.625. The zero-order chi connectivity index (χ0) is 17.4. The molecule has 0 N–H and O–H groups in total. The number of carbonyl (C=O) groups excluding carboxylic acids is 1. The SMILES string of the molecule is CC(C)=CCN1CCN(C(=O)OC(C)(C)C)[C@@H]2CS(=O)(=O)C[C@@H]21. The van der Waals surface area contributed by atoms with Crippen LogP contribution in [0.4, 0.5) is 4.79 Å². The van der Waals surface area contributed by atoms with E-state index in [1.54, 1.807) is 4.90 Å². The Kier molecular flexibility index (Phi) is 5.11.